The van der Waals surface area contributed by atoms with E-state index in [1.807, 2.05) is 6.92 Å². The Kier molecular flexibility index (Phi) is 12.3. The number of nitrogens with one attached hydrogen (secondary N) is 1. The number of ether oxygens (including phenoxy) is 1. The highest BCUT2D eigenvalue weighted by Crippen LogP contribution is 2.20. The largest absolute Gasteiger partial charge is 0.542 e. The SMILES string of the molecule is CCCN(CCc1ccc(C(C)C)cc1)C(=O)[C@@H]1OC(C(=O)O)=C[C@H]([NH3+])[C@H]1NC(C)=O.O=C([O-])C(F)(F)F. The summed E-state index contributed by atoms with van der Waals surface area (Å²) in [5, 5.41) is 20.8. The van der Waals surface area contributed by atoms with E-state index in [0.29, 0.717) is 25.4 Å². The zero-order valence-corrected chi connectivity index (χ0v) is 21.7. The molecule has 0 saturated carbocycles. The van der Waals surface area contributed by atoms with Crippen LogP contribution in [0.4, 0.5) is 13.2 Å². The third-order valence-electron chi connectivity index (χ3n) is 5.58. The molecule has 5 N–H and O–H groups in total. The van der Waals surface area contributed by atoms with Crippen molar-refractivity contribution < 1.29 is 53.0 Å². The molecule has 0 aromatic heterocycles. The quantitative estimate of drug-likeness (QED) is 0.404. The molecule has 0 saturated heterocycles. The summed E-state index contributed by atoms with van der Waals surface area (Å²) in [5.41, 5.74) is 6.28. The molecular weight excluding hydrogens is 511 g/mol. The molecule has 3 atom stereocenters. The lowest BCUT2D eigenvalue weighted by molar-refractivity contribution is -0.414. The highest BCUT2D eigenvalue weighted by atomic mass is 19.4. The number of hydrogen-bond donors (Lipinski definition) is 3. The molecule has 212 valence electrons. The summed E-state index contributed by atoms with van der Waals surface area (Å²) in [5.74, 6) is -4.82. The number of alkyl halides is 3. The minimum atomic E-state index is -5.19. The van der Waals surface area contributed by atoms with E-state index in [1.54, 1.807) is 4.90 Å². The molecule has 2 amide bonds. The second kappa shape index (κ2) is 14.4. The van der Waals surface area contributed by atoms with Gasteiger partial charge in [0, 0.05) is 26.1 Å². The molecule has 1 aromatic carbocycles. The van der Waals surface area contributed by atoms with Crippen LogP contribution in [0.15, 0.2) is 36.1 Å². The van der Waals surface area contributed by atoms with E-state index < -0.39 is 36.3 Å². The zero-order chi connectivity index (χ0) is 29.2. The standard InChI is InChI=1S/C23H33N3O5.C2HF3O2/c1-5-11-26(12-10-16-6-8-17(9-7-16)14(2)3)22(28)21-20(25-15(4)27)18(24)13-19(31-21)23(29)30;3-2(4,5)1(6)7/h6-9,13-14,18,20-21H,5,10-12,24H2,1-4H3,(H,25,27)(H,29,30);(H,6,7)/t18-,20+,21+;/m0./s1. The Morgan fingerprint density at radius 3 is 2.13 bits per heavy atom. The maximum Gasteiger partial charge on any atom is 0.430 e. The van der Waals surface area contributed by atoms with Gasteiger partial charge in [0.2, 0.25) is 17.8 Å². The summed E-state index contributed by atoms with van der Waals surface area (Å²) in [7, 11) is 0. The summed E-state index contributed by atoms with van der Waals surface area (Å²) < 4.78 is 37.1. The van der Waals surface area contributed by atoms with Crippen molar-refractivity contribution >= 4 is 23.8 Å². The molecule has 1 heterocycles. The van der Waals surface area contributed by atoms with E-state index >= 15 is 0 Å². The number of nitrogens with zero attached hydrogens (tertiary/aromatic N) is 1. The number of carboxylic acid groups (broad SMARTS) is 2. The van der Waals surface area contributed by atoms with E-state index in [-0.39, 0.29) is 17.6 Å². The van der Waals surface area contributed by atoms with E-state index in [0.717, 1.165) is 12.0 Å². The van der Waals surface area contributed by atoms with Crippen molar-refractivity contribution in [2.75, 3.05) is 13.1 Å². The highest BCUT2D eigenvalue weighted by Gasteiger charge is 2.43. The minimum absolute atomic E-state index is 0.319. The molecule has 1 aliphatic rings. The fourth-order valence-corrected chi connectivity index (χ4v) is 3.63. The first kappa shape index (κ1) is 32.4. The first-order valence-electron chi connectivity index (χ1n) is 12.0. The predicted octanol–water partition coefficient (Wildman–Crippen LogP) is 0.372. The van der Waals surface area contributed by atoms with Crippen LogP contribution in [0.5, 0.6) is 0 Å². The lowest BCUT2D eigenvalue weighted by Crippen LogP contribution is -2.74. The number of rotatable bonds is 9. The van der Waals surface area contributed by atoms with Crippen molar-refractivity contribution in [3.63, 3.8) is 0 Å². The average molecular weight is 546 g/mol. The molecule has 2 rings (SSSR count). The lowest BCUT2D eigenvalue weighted by Gasteiger charge is -2.35. The van der Waals surface area contributed by atoms with Gasteiger partial charge in [-0.3, -0.25) is 9.59 Å². The minimum Gasteiger partial charge on any atom is -0.542 e. The van der Waals surface area contributed by atoms with Crippen LogP contribution in [0.2, 0.25) is 0 Å². The number of benzene rings is 1. The molecule has 38 heavy (non-hydrogen) atoms. The monoisotopic (exact) mass is 545 g/mol. The molecule has 0 bridgehead atoms. The Labute approximate surface area is 218 Å². The number of quaternary nitrogens is 1. The average Bonchev–Trinajstić information content (AvgIpc) is 2.82. The molecule has 1 aliphatic heterocycles. The Morgan fingerprint density at radius 1 is 1.16 bits per heavy atom. The van der Waals surface area contributed by atoms with Crippen LogP contribution in [0, 0.1) is 0 Å². The zero-order valence-electron chi connectivity index (χ0n) is 21.7. The number of halogens is 3. The second-order valence-corrected chi connectivity index (χ2v) is 9.02. The maximum absolute atomic E-state index is 13.4. The number of carboxylic acids is 2. The summed E-state index contributed by atoms with van der Waals surface area (Å²) in [4.78, 5) is 46.9. The lowest BCUT2D eigenvalue weighted by atomic mass is 9.97. The molecule has 0 unspecified atom stereocenters. The van der Waals surface area contributed by atoms with Crippen molar-refractivity contribution in [1.29, 1.82) is 0 Å². The predicted molar refractivity (Wildman–Crippen MR) is 127 cm³/mol. The van der Waals surface area contributed by atoms with Crippen LogP contribution in [0.1, 0.15) is 51.2 Å². The summed E-state index contributed by atoms with van der Waals surface area (Å²) in [6, 6.07) is 6.99. The Bertz CT molecular complexity index is 1010. The molecule has 1 aromatic rings. The topological polar surface area (TPSA) is 164 Å². The van der Waals surface area contributed by atoms with Crippen molar-refractivity contribution in [3.8, 4) is 0 Å². The van der Waals surface area contributed by atoms with Gasteiger partial charge in [0.05, 0.1) is 0 Å². The van der Waals surface area contributed by atoms with Crippen LogP contribution in [-0.4, -0.2) is 71.2 Å². The van der Waals surface area contributed by atoms with E-state index in [9.17, 15) is 32.7 Å². The van der Waals surface area contributed by atoms with Crippen LogP contribution in [0.3, 0.4) is 0 Å². The number of amides is 2. The van der Waals surface area contributed by atoms with Crippen LogP contribution in [0.25, 0.3) is 0 Å². The van der Waals surface area contributed by atoms with Gasteiger partial charge in [0.1, 0.15) is 18.1 Å². The number of carbonyl (C=O) groups excluding carboxylic acids is 3. The van der Waals surface area contributed by atoms with Gasteiger partial charge < -0.3 is 35.7 Å². The fraction of sp³-hybridized carbons (Fsp3) is 0.520. The van der Waals surface area contributed by atoms with Gasteiger partial charge in [-0.15, -0.1) is 0 Å². The van der Waals surface area contributed by atoms with E-state index in [1.165, 1.54) is 18.6 Å². The van der Waals surface area contributed by atoms with Gasteiger partial charge in [0.25, 0.3) is 5.91 Å². The molecule has 0 fully saturated rings. The normalized spacial score (nSPS) is 18.9. The third-order valence-corrected chi connectivity index (χ3v) is 5.58. The van der Waals surface area contributed by atoms with E-state index in [2.05, 4.69) is 49.2 Å². The van der Waals surface area contributed by atoms with Crippen molar-refractivity contribution in [3.05, 3.63) is 47.2 Å². The van der Waals surface area contributed by atoms with Crippen molar-refractivity contribution in [1.82, 2.24) is 10.2 Å². The number of carbonyl (C=O) groups is 4. The summed E-state index contributed by atoms with van der Waals surface area (Å²) in [6.07, 6.45) is -3.60. The van der Waals surface area contributed by atoms with Gasteiger partial charge in [-0.05, 0) is 29.9 Å². The second-order valence-electron chi connectivity index (χ2n) is 9.02. The summed E-state index contributed by atoms with van der Waals surface area (Å²) in [6.45, 7) is 8.56. The number of hydrogen-bond acceptors (Lipinski definition) is 6. The van der Waals surface area contributed by atoms with Gasteiger partial charge in [-0.25, -0.2) is 4.79 Å². The molecule has 0 spiro atoms. The van der Waals surface area contributed by atoms with Crippen LogP contribution in [-0.2, 0) is 30.3 Å². The summed E-state index contributed by atoms with van der Waals surface area (Å²) >= 11 is 0. The Morgan fingerprint density at radius 2 is 1.71 bits per heavy atom. The van der Waals surface area contributed by atoms with Crippen LogP contribution < -0.4 is 16.2 Å². The van der Waals surface area contributed by atoms with Crippen molar-refractivity contribution in [2.24, 2.45) is 0 Å². The first-order valence-corrected chi connectivity index (χ1v) is 12.0. The van der Waals surface area contributed by atoms with E-state index in [4.69, 9.17) is 14.6 Å². The number of aliphatic carboxylic acids is 2. The van der Waals surface area contributed by atoms with Gasteiger partial charge in [0.15, 0.2) is 0 Å². The third kappa shape index (κ3) is 10.0. The first-order chi connectivity index (χ1) is 17.6. The smallest absolute Gasteiger partial charge is 0.430 e. The van der Waals surface area contributed by atoms with Gasteiger partial charge in [-0.2, -0.15) is 13.2 Å². The molecular formula is C25H34F3N3O7. The maximum atomic E-state index is 13.4. The molecule has 0 radical (unpaired) electrons. The van der Waals surface area contributed by atoms with Gasteiger partial charge in [-0.1, -0.05) is 45.0 Å². The Hall–Kier alpha value is -3.61. The van der Waals surface area contributed by atoms with Gasteiger partial charge >= 0.3 is 12.1 Å². The van der Waals surface area contributed by atoms with Crippen molar-refractivity contribution in [2.45, 2.75) is 70.8 Å². The van der Waals surface area contributed by atoms with Crippen LogP contribution >= 0.6 is 0 Å². The molecule has 13 heteroatoms. The molecule has 10 nitrogen and oxygen atoms in total. The highest BCUT2D eigenvalue weighted by molar-refractivity contribution is 5.88. The Balaban J connectivity index is 0.000000905. The molecule has 0 aliphatic carbocycles. The fourth-order valence-electron chi connectivity index (χ4n) is 3.63.